The minimum Gasteiger partial charge on any atom is -0.482 e. The maximum absolute atomic E-state index is 8.84. The van der Waals surface area contributed by atoms with Gasteiger partial charge in [0.25, 0.3) is 0 Å². The lowest BCUT2D eigenvalue weighted by Gasteiger charge is -2.12. The van der Waals surface area contributed by atoms with Crippen LogP contribution in [0.5, 0.6) is 0 Å². The van der Waals surface area contributed by atoms with Crippen LogP contribution in [0.1, 0.15) is 22.3 Å². The number of rotatable bonds is 2. The third kappa shape index (κ3) is 3.31. The van der Waals surface area contributed by atoms with Crippen molar-refractivity contribution < 1.29 is 0 Å². The zero-order chi connectivity index (χ0) is 15.2. The van der Waals surface area contributed by atoms with E-state index in [-0.39, 0.29) is 11.7 Å². The van der Waals surface area contributed by atoms with Crippen molar-refractivity contribution in [3.8, 4) is 12.1 Å². The summed E-state index contributed by atoms with van der Waals surface area (Å²) in [6, 6.07) is 17.0. The highest BCUT2D eigenvalue weighted by Crippen LogP contribution is 2.10. The Hall–Kier alpha value is -3.44. The minimum atomic E-state index is -0.0977. The average Bonchev–Trinajstić information content (AvgIpc) is 2.54. The molecular formula is C16H10N5-. The second-order valence-corrected chi connectivity index (χ2v) is 4.19. The van der Waals surface area contributed by atoms with Gasteiger partial charge in [-0.3, -0.25) is 0 Å². The molecule has 0 radical (unpaired) electrons. The first kappa shape index (κ1) is 14.0. The van der Waals surface area contributed by atoms with Crippen molar-refractivity contribution in [1.29, 1.82) is 15.9 Å². The summed E-state index contributed by atoms with van der Waals surface area (Å²) in [5.41, 5.74) is 9.70. The van der Waals surface area contributed by atoms with Crippen molar-refractivity contribution in [2.24, 2.45) is 4.99 Å². The SMILES string of the molecule is N#Cc1cccc(C(=N)N=C([NH-])c2cccc(C#N)c2)c1. The van der Waals surface area contributed by atoms with Gasteiger partial charge in [-0.15, -0.1) is 0 Å². The molecule has 0 heterocycles. The van der Waals surface area contributed by atoms with Crippen LogP contribution in [0.2, 0.25) is 0 Å². The smallest absolute Gasteiger partial charge is 0.0991 e. The number of aliphatic imine (C=N–C) groups is 1. The first-order chi connectivity index (χ1) is 10.1. The van der Waals surface area contributed by atoms with E-state index in [0.29, 0.717) is 22.3 Å². The molecule has 0 aliphatic carbocycles. The van der Waals surface area contributed by atoms with Crippen LogP contribution in [-0.2, 0) is 0 Å². The average molecular weight is 272 g/mol. The molecule has 0 bridgehead atoms. The molecule has 0 atom stereocenters. The summed E-state index contributed by atoms with van der Waals surface area (Å²) in [6.07, 6.45) is 0. The van der Waals surface area contributed by atoms with Gasteiger partial charge in [-0.1, -0.05) is 30.1 Å². The Morgan fingerprint density at radius 2 is 1.48 bits per heavy atom. The lowest BCUT2D eigenvalue weighted by Crippen LogP contribution is -2.02. The Bertz CT molecular complexity index is 806. The van der Waals surface area contributed by atoms with E-state index in [1.54, 1.807) is 48.5 Å². The molecule has 0 unspecified atom stereocenters. The third-order valence-corrected chi connectivity index (χ3v) is 2.75. The maximum atomic E-state index is 8.84. The summed E-state index contributed by atoms with van der Waals surface area (Å²) in [5.74, 6) is -0.195. The Morgan fingerprint density at radius 3 is 2.05 bits per heavy atom. The summed E-state index contributed by atoms with van der Waals surface area (Å²) in [4.78, 5) is 3.92. The minimum absolute atomic E-state index is 0.0977. The van der Waals surface area contributed by atoms with E-state index in [2.05, 4.69) is 4.99 Å². The number of hydrogen-bond donors (Lipinski definition) is 1. The van der Waals surface area contributed by atoms with Gasteiger partial charge in [0, 0.05) is 5.84 Å². The van der Waals surface area contributed by atoms with Gasteiger partial charge >= 0.3 is 0 Å². The predicted molar refractivity (Wildman–Crippen MR) is 80.0 cm³/mol. The molecule has 21 heavy (non-hydrogen) atoms. The number of amidine groups is 2. The summed E-state index contributed by atoms with van der Waals surface area (Å²) < 4.78 is 0. The van der Waals surface area contributed by atoms with E-state index in [9.17, 15) is 0 Å². The van der Waals surface area contributed by atoms with Gasteiger partial charge in [-0.05, 0) is 35.4 Å². The lowest BCUT2D eigenvalue weighted by molar-refractivity contribution is 1.40. The van der Waals surface area contributed by atoms with E-state index in [1.165, 1.54) is 0 Å². The fraction of sp³-hybridized carbons (Fsp3) is 0. The van der Waals surface area contributed by atoms with Crippen molar-refractivity contribution in [3.05, 3.63) is 76.5 Å². The fourth-order valence-corrected chi connectivity index (χ4v) is 1.71. The highest BCUT2D eigenvalue weighted by atomic mass is 14.9. The van der Waals surface area contributed by atoms with Gasteiger partial charge in [0.1, 0.15) is 0 Å². The van der Waals surface area contributed by atoms with Crippen molar-refractivity contribution in [3.63, 3.8) is 0 Å². The number of nitrogens with one attached hydrogen (secondary N) is 2. The zero-order valence-corrected chi connectivity index (χ0v) is 11.0. The van der Waals surface area contributed by atoms with Crippen LogP contribution in [0, 0.1) is 28.1 Å². The maximum Gasteiger partial charge on any atom is 0.0991 e. The molecule has 0 spiro atoms. The van der Waals surface area contributed by atoms with Crippen molar-refractivity contribution in [2.45, 2.75) is 0 Å². The molecular weight excluding hydrogens is 262 g/mol. The van der Waals surface area contributed by atoms with Crippen LogP contribution in [0.4, 0.5) is 0 Å². The molecule has 0 amide bonds. The Balaban J connectivity index is 2.31. The molecule has 0 aromatic heterocycles. The molecule has 2 rings (SSSR count). The first-order valence-corrected chi connectivity index (χ1v) is 6.04. The number of benzene rings is 2. The summed E-state index contributed by atoms with van der Waals surface area (Å²) in [5, 5.41) is 25.6. The molecule has 0 aliphatic rings. The number of hydrogen-bond acceptors (Lipinski definition) is 3. The number of nitriles is 2. The summed E-state index contributed by atoms with van der Waals surface area (Å²) in [7, 11) is 0. The molecule has 5 heteroatoms. The van der Waals surface area contributed by atoms with Crippen LogP contribution < -0.4 is 0 Å². The lowest BCUT2D eigenvalue weighted by atomic mass is 10.1. The summed E-state index contributed by atoms with van der Waals surface area (Å²) in [6.45, 7) is 0. The zero-order valence-electron chi connectivity index (χ0n) is 11.0. The molecule has 0 saturated carbocycles. The van der Waals surface area contributed by atoms with Crippen LogP contribution in [0.15, 0.2) is 53.5 Å². The normalized spacial score (nSPS) is 10.5. The monoisotopic (exact) mass is 272 g/mol. The molecule has 0 aliphatic heterocycles. The Labute approximate surface area is 122 Å². The van der Waals surface area contributed by atoms with E-state index in [0.717, 1.165) is 0 Å². The van der Waals surface area contributed by atoms with E-state index >= 15 is 0 Å². The standard InChI is InChI=1S/C16H10N5/c17-9-11-3-1-5-13(7-11)15(19)21-16(20)14-6-2-4-12(8-14)10-18/h1-8H,(H2-,19,20,21)/q-1. The fourth-order valence-electron chi connectivity index (χ4n) is 1.71. The van der Waals surface area contributed by atoms with Crippen molar-refractivity contribution in [1.82, 2.24) is 0 Å². The first-order valence-electron chi connectivity index (χ1n) is 6.04. The predicted octanol–water partition coefficient (Wildman–Crippen LogP) is 3.25. The van der Waals surface area contributed by atoms with Gasteiger partial charge in [-0.2, -0.15) is 10.5 Å². The number of nitrogens with zero attached hydrogens (tertiary/aromatic N) is 3. The second-order valence-electron chi connectivity index (χ2n) is 4.19. The Morgan fingerprint density at radius 1 is 0.952 bits per heavy atom. The highest BCUT2D eigenvalue weighted by molar-refractivity contribution is 6.13. The van der Waals surface area contributed by atoms with Crippen molar-refractivity contribution in [2.75, 3.05) is 0 Å². The molecule has 5 nitrogen and oxygen atoms in total. The van der Waals surface area contributed by atoms with Crippen LogP contribution in [0.25, 0.3) is 5.73 Å². The van der Waals surface area contributed by atoms with Crippen molar-refractivity contribution >= 4 is 11.7 Å². The topological polar surface area (TPSA) is 108 Å². The third-order valence-electron chi connectivity index (χ3n) is 2.75. The quantitative estimate of drug-likeness (QED) is 0.668. The molecule has 0 saturated heterocycles. The Kier molecular flexibility index (Phi) is 4.09. The molecule has 2 aromatic rings. The highest BCUT2D eigenvalue weighted by Gasteiger charge is 1.98. The van der Waals surface area contributed by atoms with Gasteiger partial charge in [0.15, 0.2) is 0 Å². The molecule has 0 fully saturated rings. The van der Waals surface area contributed by atoms with E-state index in [1.807, 2.05) is 12.1 Å². The second kappa shape index (κ2) is 6.14. The molecule has 2 N–H and O–H groups in total. The van der Waals surface area contributed by atoms with Gasteiger partial charge in [0.05, 0.1) is 23.3 Å². The van der Waals surface area contributed by atoms with Gasteiger partial charge in [0.2, 0.25) is 0 Å². The van der Waals surface area contributed by atoms with E-state index < -0.39 is 0 Å². The molecule has 2 aromatic carbocycles. The van der Waals surface area contributed by atoms with E-state index in [4.69, 9.17) is 21.7 Å². The summed E-state index contributed by atoms with van der Waals surface area (Å²) >= 11 is 0. The van der Waals surface area contributed by atoms with Gasteiger partial charge < -0.3 is 16.1 Å². The van der Waals surface area contributed by atoms with Crippen LogP contribution in [0.3, 0.4) is 0 Å². The molecule has 100 valence electrons. The van der Waals surface area contributed by atoms with Crippen LogP contribution in [-0.4, -0.2) is 11.7 Å². The van der Waals surface area contributed by atoms with Gasteiger partial charge in [-0.25, -0.2) is 0 Å². The van der Waals surface area contributed by atoms with Crippen LogP contribution >= 0.6 is 0 Å². The largest absolute Gasteiger partial charge is 0.482 e.